The lowest BCUT2D eigenvalue weighted by molar-refractivity contribution is -0.115. The molecule has 0 aliphatic carbocycles. The van der Waals surface area contributed by atoms with Gasteiger partial charge >= 0.3 is 0 Å². The van der Waals surface area contributed by atoms with Gasteiger partial charge in [0.25, 0.3) is 0 Å². The van der Waals surface area contributed by atoms with Gasteiger partial charge < -0.3 is 9.88 Å². The van der Waals surface area contributed by atoms with Crippen molar-refractivity contribution in [2.24, 2.45) is 7.05 Å². The second kappa shape index (κ2) is 7.85. The van der Waals surface area contributed by atoms with E-state index in [9.17, 15) is 4.79 Å². The number of carbonyl (C=O) groups is 1. The summed E-state index contributed by atoms with van der Waals surface area (Å²) in [7, 11) is 1.88. The second-order valence-corrected chi connectivity index (χ2v) is 6.95. The number of hydrogen-bond donors (Lipinski definition) is 1. The molecule has 1 amide bonds. The molecule has 0 aliphatic rings. The fourth-order valence-electron chi connectivity index (χ4n) is 2.39. The van der Waals surface area contributed by atoms with Crippen LogP contribution in [0.1, 0.15) is 12.5 Å². The fourth-order valence-corrected chi connectivity index (χ4v) is 3.21. The first-order valence-corrected chi connectivity index (χ1v) is 8.89. The molecule has 7 heteroatoms. The third-order valence-corrected chi connectivity index (χ3v) is 4.96. The Morgan fingerprint density at radius 1 is 1.15 bits per heavy atom. The molecule has 130 valence electrons. The van der Waals surface area contributed by atoms with Crippen molar-refractivity contribution >= 4 is 23.4 Å². The van der Waals surface area contributed by atoms with Crippen molar-refractivity contribution < 1.29 is 4.79 Å². The number of nitriles is 1. The number of rotatable bonds is 5. The average molecular weight is 363 g/mol. The third-order valence-electron chi connectivity index (χ3n) is 3.82. The van der Waals surface area contributed by atoms with Crippen molar-refractivity contribution in [2.45, 2.75) is 17.3 Å². The lowest BCUT2D eigenvalue weighted by Crippen LogP contribution is -2.23. The van der Waals surface area contributed by atoms with E-state index < -0.39 is 5.25 Å². The van der Waals surface area contributed by atoms with Crippen LogP contribution in [0, 0.1) is 11.3 Å². The number of anilines is 1. The van der Waals surface area contributed by atoms with Crippen molar-refractivity contribution in [1.29, 1.82) is 5.26 Å². The lowest BCUT2D eigenvalue weighted by Gasteiger charge is -2.12. The van der Waals surface area contributed by atoms with Crippen molar-refractivity contribution in [2.75, 3.05) is 5.32 Å². The van der Waals surface area contributed by atoms with E-state index in [0.717, 1.165) is 11.4 Å². The second-order valence-electron chi connectivity index (χ2n) is 5.64. The van der Waals surface area contributed by atoms with Gasteiger partial charge in [0.1, 0.15) is 6.07 Å². The van der Waals surface area contributed by atoms with Gasteiger partial charge in [-0.05, 0) is 19.1 Å². The Hall–Kier alpha value is -3.11. The molecule has 0 bridgehead atoms. The summed E-state index contributed by atoms with van der Waals surface area (Å²) in [6, 6.07) is 18.8. The van der Waals surface area contributed by atoms with E-state index in [4.69, 9.17) is 5.26 Å². The van der Waals surface area contributed by atoms with E-state index in [2.05, 4.69) is 21.6 Å². The molecular weight excluding hydrogens is 346 g/mol. The number of aromatic nitrogens is 3. The molecular formula is C19H17N5OS. The summed E-state index contributed by atoms with van der Waals surface area (Å²) in [5.41, 5.74) is 1.91. The Labute approximate surface area is 155 Å². The van der Waals surface area contributed by atoms with E-state index in [0.29, 0.717) is 16.4 Å². The summed E-state index contributed by atoms with van der Waals surface area (Å²) in [6.45, 7) is 1.80. The summed E-state index contributed by atoms with van der Waals surface area (Å²) >= 11 is 1.32. The molecule has 0 spiro atoms. The molecule has 1 atom stereocenters. The molecule has 2 aromatic carbocycles. The number of nitrogens with zero attached hydrogens (tertiary/aromatic N) is 4. The molecule has 0 fully saturated rings. The molecule has 1 aromatic heterocycles. The van der Waals surface area contributed by atoms with Gasteiger partial charge in [0.2, 0.25) is 5.91 Å². The standard InChI is InChI=1S/C19H17N5OS/c1-13(18(25)21-16-11-7-6-10-15(16)12-20)26-19-23-22-17(24(19)2)14-8-4-3-5-9-14/h3-11,13H,1-2H3,(H,21,25)/t13-/m0/s1. The van der Waals surface area contributed by atoms with Gasteiger partial charge in [-0.1, -0.05) is 54.2 Å². The van der Waals surface area contributed by atoms with E-state index in [1.807, 2.05) is 41.9 Å². The van der Waals surface area contributed by atoms with Crippen LogP contribution in [-0.4, -0.2) is 25.9 Å². The van der Waals surface area contributed by atoms with E-state index in [1.165, 1.54) is 11.8 Å². The Kier molecular flexibility index (Phi) is 5.34. The zero-order valence-corrected chi connectivity index (χ0v) is 15.2. The summed E-state index contributed by atoms with van der Waals surface area (Å²) in [5.74, 6) is 0.553. The summed E-state index contributed by atoms with van der Waals surface area (Å²) in [4.78, 5) is 12.5. The first-order chi connectivity index (χ1) is 12.6. The predicted octanol–water partition coefficient (Wildman–Crippen LogP) is 3.47. The molecule has 3 aromatic rings. The van der Waals surface area contributed by atoms with Crippen LogP contribution < -0.4 is 5.32 Å². The topological polar surface area (TPSA) is 83.6 Å². The van der Waals surface area contributed by atoms with Gasteiger partial charge in [-0.25, -0.2) is 0 Å². The minimum Gasteiger partial charge on any atom is -0.324 e. The van der Waals surface area contributed by atoms with Crippen LogP contribution in [0.15, 0.2) is 59.8 Å². The molecule has 0 saturated heterocycles. The lowest BCUT2D eigenvalue weighted by atomic mass is 10.2. The van der Waals surface area contributed by atoms with Crippen LogP contribution in [0.25, 0.3) is 11.4 Å². The number of hydrogen-bond acceptors (Lipinski definition) is 5. The number of thioether (sulfide) groups is 1. The van der Waals surface area contributed by atoms with Crippen LogP contribution in [0.5, 0.6) is 0 Å². The van der Waals surface area contributed by atoms with E-state index >= 15 is 0 Å². The van der Waals surface area contributed by atoms with Crippen molar-refractivity contribution in [3.05, 3.63) is 60.2 Å². The van der Waals surface area contributed by atoms with Gasteiger partial charge in [0, 0.05) is 12.6 Å². The molecule has 0 aliphatic heterocycles. The Bertz CT molecular complexity index is 962. The number of carbonyl (C=O) groups excluding carboxylic acids is 1. The summed E-state index contributed by atoms with van der Waals surface area (Å²) < 4.78 is 1.87. The summed E-state index contributed by atoms with van der Waals surface area (Å²) in [6.07, 6.45) is 0. The average Bonchev–Trinajstić information content (AvgIpc) is 3.03. The highest BCUT2D eigenvalue weighted by molar-refractivity contribution is 8.00. The summed E-state index contributed by atoms with van der Waals surface area (Å²) in [5, 5.41) is 20.6. The van der Waals surface area contributed by atoms with Crippen molar-refractivity contribution in [3.63, 3.8) is 0 Å². The maximum Gasteiger partial charge on any atom is 0.237 e. The van der Waals surface area contributed by atoms with Gasteiger partial charge in [0.15, 0.2) is 11.0 Å². The molecule has 0 saturated carbocycles. The first-order valence-electron chi connectivity index (χ1n) is 8.01. The first kappa shape index (κ1) is 17.7. The smallest absolute Gasteiger partial charge is 0.237 e. The number of para-hydroxylation sites is 1. The van der Waals surface area contributed by atoms with Gasteiger partial charge in [-0.3, -0.25) is 4.79 Å². The zero-order valence-electron chi connectivity index (χ0n) is 14.4. The van der Waals surface area contributed by atoms with Crippen LogP contribution in [0.4, 0.5) is 5.69 Å². The number of benzene rings is 2. The third kappa shape index (κ3) is 3.76. The van der Waals surface area contributed by atoms with Crippen LogP contribution in [-0.2, 0) is 11.8 Å². The quantitative estimate of drug-likeness (QED) is 0.702. The van der Waals surface area contributed by atoms with Crippen LogP contribution in [0.2, 0.25) is 0 Å². The Morgan fingerprint density at radius 3 is 2.58 bits per heavy atom. The number of nitrogens with one attached hydrogen (secondary N) is 1. The predicted molar refractivity (Wildman–Crippen MR) is 102 cm³/mol. The van der Waals surface area contributed by atoms with E-state index in [-0.39, 0.29) is 5.91 Å². The number of amides is 1. The zero-order chi connectivity index (χ0) is 18.5. The highest BCUT2D eigenvalue weighted by Crippen LogP contribution is 2.26. The molecule has 3 rings (SSSR count). The molecule has 6 nitrogen and oxygen atoms in total. The van der Waals surface area contributed by atoms with Gasteiger partial charge in [-0.2, -0.15) is 5.26 Å². The van der Waals surface area contributed by atoms with Crippen molar-refractivity contribution in [3.8, 4) is 17.5 Å². The van der Waals surface area contributed by atoms with E-state index in [1.54, 1.807) is 31.2 Å². The van der Waals surface area contributed by atoms with Crippen LogP contribution in [0.3, 0.4) is 0 Å². The minimum atomic E-state index is -0.395. The highest BCUT2D eigenvalue weighted by Gasteiger charge is 2.20. The SMILES string of the molecule is C[C@H](Sc1nnc(-c2ccccc2)n1C)C(=O)Nc1ccccc1C#N. The molecule has 0 unspecified atom stereocenters. The minimum absolute atomic E-state index is 0.193. The van der Waals surface area contributed by atoms with Crippen LogP contribution >= 0.6 is 11.8 Å². The van der Waals surface area contributed by atoms with Crippen molar-refractivity contribution in [1.82, 2.24) is 14.8 Å². The molecule has 26 heavy (non-hydrogen) atoms. The normalized spacial score (nSPS) is 11.6. The van der Waals surface area contributed by atoms with Gasteiger partial charge in [-0.15, -0.1) is 10.2 Å². The fraction of sp³-hybridized carbons (Fsp3) is 0.158. The maximum absolute atomic E-state index is 12.5. The molecule has 1 heterocycles. The maximum atomic E-state index is 12.5. The molecule has 1 N–H and O–H groups in total. The largest absolute Gasteiger partial charge is 0.324 e. The molecule has 0 radical (unpaired) electrons. The van der Waals surface area contributed by atoms with Gasteiger partial charge in [0.05, 0.1) is 16.5 Å². The Morgan fingerprint density at radius 2 is 1.85 bits per heavy atom. The Balaban J connectivity index is 1.72. The highest BCUT2D eigenvalue weighted by atomic mass is 32.2. The monoisotopic (exact) mass is 363 g/mol.